The van der Waals surface area contributed by atoms with E-state index in [0.29, 0.717) is 22.9 Å². The van der Waals surface area contributed by atoms with Gasteiger partial charge in [-0.15, -0.1) is 0 Å². The first-order valence-corrected chi connectivity index (χ1v) is 10.6. The number of aliphatic imine (C=N–C) groups is 1. The van der Waals surface area contributed by atoms with Gasteiger partial charge in [-0.25, -0.2) is 0 Å². The van der Waals surface area contributed by atoms with E-state index < -0.39 is 0 Å². The Balaban J connectivity index is 1.28. The fraction of sp³-hybridized carbons (Fsp3) is 0.320. The van der Waals surface area contributed by atoms with E-state index in [-0.39, 0.29) is 5.91 Å². The maximum Gasteiger partial charge on any atom is 0.259 e. The number of aromatic nitrogens is 1. The van der Waals surface area contributed by atoms with Gasteiger partial charge >= 0.3 is 0 Å². The Bertz CT molecular complexity index is 1130. The van der Waals surface area contributed by atoms with Crippen LogP contribution in [-0.2, 0) is 6.42 Å². The molecule has 5 heteroatoms. The number of rotatable bonds is 4. The first kappa shape index (κ1) is 18.8. The van der Waals surface area contributed by atoms with Crippen molar-refractivity contribution in [3.05, 3.63) is 71.0 Å². The second kappa shape index (κ2) is 7.56. The minimum absolute atomic E-state index is 0.0161. The number of aryl methyl sites for hydroxylation is 2. The van der Waals surface area contributed by atoms with Crippen molar-refractivity contribution >= 4 is 17.3 Å². The predicted molar refractivity (Wildman–Crippen MR) is 117 cm³/mol. The van der Waals surface area contributed by atoms with Crippen LogP contribution in [-0.4, -0.2) is 34.8 Å². The van der Waals surface area contributed by atoms with E-state index in [9.17, 15) is 4.79 Å². The Hall–Kier alpha value is -3.21. The third kappa shape index (κ3) is 3.45. The van der Waals surface area contributed by atoms with E-state index in [0.717, 1.165) is 43.6 Å². The molecule has 1 aromatic heterocycles. The SMILES string of the molecule is Cc1ccc2c(c1)CC(C[C@@H]1CCN(C(=O)c3c(-c4ccccc4)noc3C)C1)=N2. The van der Waals surface area contributed by atoms with Crippen LogP contribution in [0, 0.1) is 19.8 Å². The molecule has 3 heterocycles. The molecule has 0 aliphatic carbocycles. The normalized spacial score (nSPS) is 17.9. The first-order chi connectivity index (χ1) is 14.6. The summed E-state index contributed by atoms with van der Waals surface area (Å²) in [6, 6.07) is 16.2. The van der Waals surface area contributed by atoms with Crippen LogP contribution in [0.15, 0.2) is 58.0 Å². The van der Waals surface area contributed by atoms with E-state index in [1.165, 1.54) is 16.8 Å². The van der Waals surface area contributed by atoms with Gasteiger partial charge in [0.25, 0.3) is 5.91 Å². The lowest BCUT2D eigenvalue weighted by atomic mass is 9.98. The monoisotopic (exact) mass is 399 g/mol. The number of nitrogens with zero attached hydrogens (tertiary/aromatic N) is 3. The maximum atomic E-state index is 13.3. The summed E-state index contributed by atoms with van der Waals surface area (Å²) < 4.78 is 5.39. The smallest absolute Gasteiger partial charge is 0.259 e. The van der Waals surface area contributed by atoms with E-state index in [1.807, 2.05) is 42.2 Å². The van der Waals surface area contributed by atoms with Crippen LogP contribution in [0.2, 0.25) is 0 Å². The number of carbonyl (C=O) groups is 1. The average Bonchev–Trinajstić information content (AvgIpc) is 3.46. The molecular formula is C25H25N3O2. The van der Waals surface area contributed by atoms with Crippen molar-refractivity contribution in [2.24, 2.45) is 10.9 Å². The molecular weight excluding hydrogens is 374 g/mol. The van der Waals surface area contributed by atoms with Crippen LogP contribution in [0.25, 0.3) is 11.3 Å². The Morgan fingerprint density at radius 1 is 1.17 bits per heavy atom. The molecule has 0 bridgehead atoms. The molecule has 0 unspecified atom stereocenters. The molecule has 2 aromatic carbocycles. The molecule has 152 valence electrons. The van der Waals surface area contributed by atoms with E-state index in [4.69, 9.17) is 9.52 Å². The summed E-state index contributed by atoms with van der Waals surface area (Å²) in [5.74, 6) is 1.04. The van der Waals surface area contributed by atoms with Crippen molar-refractivity contribution < 1.29 is 9.32 Å². The molecule has 0 spiro atoms. The highest BCUT2D eigenvalue weighted by molar-refractivity contribution is 6.01. The van der Waals surface area contributed by atoms with Crippen molar-refractivity contribution in [1.82, 2.24) is 10.1 Å². The highest BCUT2D eigenvalue weighted by Crippen LogP contribution is 2.32. The molecule has 3 aromatic rings. The minimum atomic E-state index is 0.0161. The van der Waals surface area contributed by atoms with Crippen LogP contribution in [0.1, 0.15) is 40.1 Å². The molecule has 2 aliphatic heterocycles. The summed E-state index contributed by atoms with van der Waals surface area (Å²) in [4.78, 5) is 20.1. The quantitative estimate of drug-likeness (QED) is 0.610. The molecule has 2 aliphatic rings. The van der Waals surface area contributed by atoms with E-state index in [1.54, 1.807) is 0 Å². The molecule has 1 atom stereocenters. The van der Waals surface area contributed by atoms with Crippen molar-refractivity contribution in [3.8, 4) is 11.3 Å². The third-order valence-corrected chi connectivity index (χ3v) is 6.13. The Morgan fingerprint density at radius 3 is 2.83 bits per heavy atom. The van der Waals surface area contributed by atoms with Gasteiger partial charge in [0, 0.05) is 30.8 Å². The van der Waals surface area contributed by atoms with Crippen molar-refractivity contribution in [1.29, 1.82) is 0 Å². The number of carbonyl (C=O) groups excluding carboxylic acids is 1. The number of likely N-dealkylation sites (tertiary alicyclic amines) is 1. The standard InChI is InChI=1S/C25H25N3O2/c1-16-8-9-22-20(12-16)14-21(26-22)13-18-10-11-28(15-18)25(29)23-17(2)30-27-24(23)19-6-4-3-5-7-19/h3-9,12,18H,10-11,13-15H2,1-2H3/t18-/m0/s1. The number of hydrogen-bond donors (Lipinski definition) is 0. The van der Waals surface area contributed by atoms with E-state index in [2.05, 4.69) is 30.3 Å². The molecule has 30 heavy (non-hydrogen) atoms. The lowest BCUT2D eigenvalue weighted by Crippen LogP contribution is -2.29. The second-order valence-electron chi connectivity index (χ2n) is 8.43. The Kier molecular flexibility index (Phi) is 4.74. The number of amides is 1. The van der Waals surface area contributed by atoms with Gasteiger partial charge in [-0.05, 0) is 44.2 Å². The summed E-state index contributed by atoms with van der Waals surface area (Å²) in [7, 11) is 0. The average molecular weight is 399 g/mol. The van der Waals surface area contributed by atoms with Crippen molar-refractivity contribution in [3.63, 3.8) is 0 Å². The van der Waals surface area contributed by atoms with Crippen LogP contribution >= 0.6 is 0 Å². The van der Waals surface area contributed by atoms with Gasteiger partial charge in [-0.3, -0.25) is 9.79 Å². The van der Waals surface area contributed by atoms with Gasteiger partial charge in [-0.1, -0.05) is 53.2 Å². The predicted octanol–water partition coefficient (Wildman–Crippen LogP) is 5.14. The van der Waals surface area contributed by atoms with Gasteiger partial charge in [-0.2, -0.15) is 0 Å². The molecule has 5 rings (SSSR count). The molecule has 5 nitrogen and oxygen atoms in total. The Morgan fingerprint density at radius 2 is 2.00 bits per heavy atom. The zero-order valence-electron chi connectivity index (χ0n) is 17.4. The molecule has 1 fully saturated rings. The first-order valence-electron chi connectivity index (χ1n) is 10.6. The largest absolute Gasteiger partial charge is 0.360 e. The highest BCUT2D eigenvalue weighted by Gasteiger charge is 2.32. The lowest BCUT2D eigenvalue weighted by Gasteiger charge is -2.17. The maximum absolute atomic E-state index is 13.3. The van der Waals surface area contributed by atoms with Gasteiger partial charge in [0.2, 0.25) is 0 Å². The summed E-state index contributed by atoms with van der Waals surface area (Å²) in [6.07, 6.45) is 2.89. The van der Waals surface area contributed by atoms with Crippen LogP contribution in [0.3, 0.4) is 0 Å². The molecule has 0 radical (unpaired) electrons. The van der Waals surface area contributed by atoms with Gasteiger partial charge in [0.1, 0.15) is 17.0 Å². The summed E-state index contributed by atoms with van der Waals surface area (Å²) in [5.41, 5.74) is 7.07. The zero-order chi connectivity index (χ0) is 20.7. The van der Waals surface area contributed by atoms with Gasteiger partial charge < -0.3 is 9.42 Å². The van der Waals surface area contributed by atoms with Gasteiger partial charge in [0.15, 0.2) is 0 Å². The summed E-state index contributed by atoms with van der Waals surface area (Å²) in [5, 5.41) is 4.17. The second-order valence-corrected chi connectivity index (χ2v) is 8.43. The lowest BCUT2D eigenvalue weighted by molar-refractivity contribution is 0.0786. The number of fused-ring (bicyclic) bond motifs is 1. The fourth-order valence-corrected chi connectivity index (χ4v) is 4.60. The minimum Gasteiger partial charge on any atom is -0.360 e. The molecule has 1 saturated heterocycles. The summed E-state index contributed by atoms with van der Waals surface area (Å²) >= 11 is 0. The van der Waals surface area contributed by atoms with Crippen LogP contribution in [0.4, 0.5) is 5.69 Å². The fourth-order valence-electron chi connectivity index (χ4n) is 4.60. The van der Waals surface area contributed by atoms with Crippen molar-refractivity contribution in [2.45, 2.75) is 33.1 Å². The number of hydrogen-bond acceptors (Lipinski definition) is 4. The van der Waals surface area contributed by atoms with Crippen LogP contribution in [0.5, 0.6) is 0 Å². The topological polar surface area (TPSA) is 58.7 Å². The third-order valence-electron chi connectivity index (χ3n) is 6.13. The van der Waals surface area contributed by atoms with Crippen molar-refractivity contribution in [2.75, 3.05) is 13.1 Å². The number of benzene rings is 2. The summed E-state index contributed by atoms with van der Waals surface area (Å²) in [6.45, 7) is 5.45. The van der Waals surface area contributed by atoms with E-state index >= 15 is 0 Å². The molecule has 0 N–H and O–H groups in total. The zero-order valence-corrected chi connectivity index (χ0v) is 17.4. The van der Waals surface area contributed by atoms with Crippen LogP contribution < -0.4 is 0 Å². The Labute approximate surface area is 176 Å². The molecule has 0 saturated carbocycles. The highest BCUT2D eigenvalue weighted by atomic mass is 16.5. The van der Waals surface area contributed by atoms with Gasteiger partial charge in [0.05, 0.1) is 5.69 Å². The molecule has 1 amide bonds.